The minimum atomic E-state index is -0.218. The first-order chi connectivity index (χ1) is 7.56. The molecular weight excluding hydrogens is 314 g/mol. The van der Waals surface area contributed by atoms with E-state index in [1.807, 2.05) is 6.92 Å². The van der Waals surface area contributed by atoms with E-state index in [0.717, 1.165) is 10.9 Å². The summed E-state index contributed by atoms with van der Waals surface area (Å²) in [7, 11) is 0. The Morgan fingerprint density at radius 3 is 2.44 bits per heavy atom. The zero-order chi connectivity index (χ0) is 12.2. The van der Waals surface area contributed by atoms with E-state index in [2.05, 4.69) is 15.9 Å². The lowest BCUT2D eigenvalue weighted by Gasteiger charge is -2.28. The molecule has 0 aliphatic rings. The van der Waals surface area contributed by atoms with Crippen LogP contribution in [0.1, 0.15) is 18.9 Å². The first-order valence-electron chi connectivity index (χ1n) is 5.13. The monoisotopic (exact) mass is 326 g/mol. The molecule has 1 rings (SSSR count). The Balaban J connectivity index is 2.97. The van der Waals surface area contributed by atoms with Gasteiger partial charge in [-0.3, -0.25) is 0 Å². The third-order valence-corrected chi connectivity index (χ3v) is 4.52. The molecule has 0 fully saturated rings. The smallest absolute Gasteiger partial charge is 0.126 e. The van der Waals surface area contributed by atoms with Crippen LogP contribution in [-0.2, 0) is 6.42 Å². The van der Waals surface area contributed by atoms with Crippen LogP contribution in [0.5, 0.6) is 0 Å². The number of rotatable bonds is 5. The molecule has 0 aliphatic heterocycles. The normalized spacial score (nSPS) is 11.8. The summed E-state index contributed by atoms with van der Waals surface area (Å²) in [5.41, 5.74) is 0.447. The lowest BCUT2D eigenvalue weighted by Crippen LogP contribution is -2.27. The molecule has 0 unspecified atom stereocenters. The lowest BCUT2D eigenvalue weighted by molar-refractivity contribution is 0.356. The van der Waals surface area contributed by atoms with E-state index < -0.39 is 0 Å². The molecule has 0 saturated heterocycles. The number of hydrogen-bond donors (Lipinski definition) is 0. The Morgan fingerprint density at radius 2 is 1.94 bits per heavy atom. The maximum absolute atomic E-state index is 13.6. The van der Waals surface area contributed by atoms with Crippen LogP contribution in [0.4, 0.5) is 4.39 Å². The Hall–Kier alpha value is 0.210. The fourth-order valence-electron chi connectivity index (χ4n) is 1.53. The highest BCUT2D eigenvalue weighted by Crippen LogP contribution is 2.32. The fourth-order valence-corrected chi connectivity index (χ4v) is 2.79. The van der Waals surface area contributed by atoms with E-state index in [-0.39, 0.29) is 11.2 Å². The Bertz CT molecular complexity index is 343. The van der Waals surface area contributed by atoms with Gasteiger partial charge in [-0.15, -0.1) is 23.2 Å². The maximum atomic E-state index is 13.6. The van der Waals surface area contributed by atoms with Gasteiger partial charge in [0.1, 0.15) is 5.82 Å². The SMILES string of the molecule is CCC(CCl)(CCl)Cc1cc(Br)ccc1F. The van der Waals surface area contributed by atoms with Gasteiger partial charge < -0.3 is 0 Å². The van der Waals surface area contributed by atoms with Crippen molar-refractivity contribution in [1.29, 1.82) is 0 Å². The largest absolute Gasteiger partial charge is 0.207 e. The summed E-state index contributed by atoms with van der Waals surface area (Å²) in [5, 5.41) is 0. The van der Waals surface area contributed by atoms with Gasteiger partial charge in [0.05, 0.1) is 0 Å². The number of halogens is 4. The number of alkyl halides is 2. The quantitative estimate of drug-likeness (QED) is 0.667. The van der Waals surface area contributed by atoms with Crippen molar-refractivity contribution in [1.82, 2.24) is 0 Å². The molecule has 0 aromatic heterocycles. The summed E-state index contributed by atoms with van der Waals surface area (Å²) in [6.07, 6.45) is 1.41. The van der Waals surface area contributed by atoms with Gasteiger partial charge in [0, 0.05) is 21.6 Å². The van der Waals surface area contributed by atoms with Gasteiger partial charge in [0.25, 0.3) is 0 Å². The fraction of sp³-hybridized carbons (Fsp3) is 0.500. The molecule has 1 aromatic rings. The zero-order valence-electron chi connectivity index (χ0n) is 9.07. The molecule has 0 nitrogen and oxygen atoms in total. The molecule has 4 heteroatoms. The van der Waals surface area contributed by atoms with E-state index in [9.17, 15) is 4.39 Å². The molecule has 0 N–H and O–H groups in total. The van der Waals surface area contributed by atoms with Crippen LogP contribution < -0.4 is 0 Å². The van der Waals surface area contributed by atoms with E-state index >= 15 is 0 Å². The standard InChI is InChI=1S/C12H14BrCl2F/c1-2-12(7-14,8-15)6-9-5-10(13)3-4-11(9)16/h3-5H,2,6-8H2,1H3. The topological polar surface area (TPSA) is 0 Å². The summed E-state index contributed by atoms with van der Waals surface area (Å²) in [6, 6.07) is 4.94. The van der Waals surface area contributed by atoms with E-state index in [0.29, 0.717) is 23.7 Å². The summed E-state index contributed by atoms with van der Waals surface area (Å²) in [6.45, 7) is 2.03. The molecule has 0 aliphatic carbocycles. The van der Waals surface area contributed by atoms with Crippen LogP contribution in [0.25, 0.3) is 0 Å². The second-order valence-corrected chi connectivity index (χ2v) is 5.48. The van der Waals surface area contributed by atoms with Crippen molar-refractivity contribution in [2.24, 2.45) is 5.41 Å². The molecule has 0 spiro atoms. The van der Waals surface area contributed by atoms with Crippen molar-refractivity contribution >= 4 is 39.1 Å². The summed E-state index contributed by atoms with van der Waals surface area (Å²) in [4.78, 5) is 0. The van der Waals surface area contributed by atoms with E-state index in [4.69, 9.17) is 23.2 Å². The van der Waals surface area contributed by atoms with Crippen LogP contribution in [0.3, 0.4) is 0 Å². The lowest BCUT2D eigenvalue weighted by atomic mass is 9.83. The summed E-state index contributed by atoms with van der Waals surface area (Å²) in [5.74, 6) is 0.689. The highest BCUT2D eigenvalue weighted by atomic mass is 79.9. The maximum Gasteiger partial charge on any atom is 0.126 e. The third-order valence-electron chi connectivity index (χ3n) is 2.89. The summed E-state index contributed by atoms with van der Waals surface area (Å²) >= 11 is 15.2. The Kier molecular flexibility index (Phi) is 5.55. The van der Waals surface area contributed by atoms with Crippen molar-refractivity contribution in [3.05, 3.63) is 34.1 Å². The first kappa shape index (κ1) is 14.3. The zero-order valence-corrected chi connectivity index (χ0v) is 12.2. The van der Waals surface area contributed by atoms with Crippen molar-refractivity contribution < 1.29 is 4.39 Å². The molecule has 1 aromatic carbocycles. The van der Waals surface area contributed by atoms with Gasteiger partial charge in [-0.25, -0.2) is 4.39 Å². The van der Waals surface area contributed by atoms with Crippen molar-refractivity contribution in [2.45, 2.75) is 19.8 Å². The Labute approximate surface area is 114 Å². The molecule has 0 amide bonds. The van der Waals surface area contributed by atoms with Gasteiger partial charge in [-0.1, -0.05) is 22.9 Å². The number of benzene rings is 1. The predicted molar refractivity (Wildman–Crippen MR) is 72.0 cm³/mol. The van der Waals surface area contributed by atoms with Crippen LogP contribution in [-0.4, -0.2) is 11.8 Å². The first-order valence-corrected chi connectivity index (χ1v) is 6.99. The molecule has 90 valence electrons. The minimum absolute atomic E-state index is 0.198. The molecular formula is C12H14BrCl2F. The van der Waals surface area contributed by atoms with Crippen LogP contribution in [0, 0.1) is 11.2 Å². The second-order valence-electron chi connectivity index (χ2n) is 4.03. The van der Waals surface area contributed by atoms with Gasteiger partial charge in [-0.2, -0.15) is 0 Å². The number of hydrogen-bond acceptors (Lipinski definition) is 0. The van der Waals surface area contributed by atoms with Gasteiger partial charge in [0.15, 0.2) is 0 Å². The Morgan fingerprint density at radius 1 is 1.31 bits per heavy atom. The highest BCUT2D eigenvalue weighted by molar-refractivity contribution is 9.10. The van der Waals surface area contributed by atoms with Gasteiger partial charge >= 0.3 is 0 Å². The molecule has 0 saturated carbocycles. The van der Waals surface area contributed by atoms with Gasteiger partial charge in [-0.05, 0) is 36.6 Å². The van der Waals surface area contributed by atoms with E-state index in [1.54, 1.807) is 12.1 Å². The van der Waals surface area contributed by atoms with Crippen LogP contribution >= 0.6 is 39.1 Å². The minimum Gasteiger partial charge on any atom is -0.207 e. The van der Waals surface area contributed by atoms with Crippen molar-refractivity contribution in [3.63, 3.8) is 0 Å². The van der Waals surface area contributed by atoms with Gasteiger partial charge in [0.2, 0.25) is 0 Å². The second kappa shape index (κ2) is 6.23. The average Bonchev–Trinajstić information content (AvgIpc) is 2.31. The van der Waals surface area contributed by atoms with Crippen LogP contribution in [0.2, 0.25) is 0 Å². The van der Waals surface area contributed by atoms with Crippen LogP contribution in [0.15, 0.2) is 22.7 Å². The molecule has 16 heavy (non-hydrogen) atoms. The summed E-state index contributed by atoms with van der Waals surface area (Å²) < 4.78 is 14.5. The van der Waals surface area contributed by atoms with Crippen molar-refractivity contribution in [2.75, 3.05) is 11.8 Å². The molecule has 0 radical (unpaired) electrons. The molecule has 0 bridgehead atoms. The predicted octanol–water partition coefficient (Wildman–Crippen LogP) is 5.00. The van der Waals surface area contributed by atoms with E-state index in [1.165, 1.54) is 6.07 Å². The van der Waals surface area contributed by atoms with Crippen molar-refractivity contribution in [3.8, 4) is 0 Å². The molecule has 0 atom stereocenters. The molecule has 0 heterocycles. The highest BCUT2D eigenvalue weighted by Gasteiger charge is 2.27. The average molecular weight is 328 g/mol. The third kappa shape index (κ3) is 3.35.